The van der Waals surface area contributed by atoms with Gasteiger partial charge < -0.3 is 20.0 Å². The summed E-state index contributed by atoms with van der Waals surface area (Å²) in [6.07, 6.45) is 6.01. The molecule has 0 unspecified atom stereocenters. The highest BCUT2D eigenvalue weighted by molar-refractivity contribution is 7.90. The molecule has 1 saturated heterocycles. The quantitative estimate of drug-likeness (QED) is 0.687. The minimum atomic E-state index is -4.37. The van der Waals surface area contributed by atoms with Crippen LogP contribution in [0.3, 0.4) is 0 Å². The lowest BCUT2D eigenvalue weighted by molar-refractivity contribution is -0.333. The summed E-state index contributed by atoms with van der Waals surface area (Å²) in [5.74, 6) is -2.68. The van der Waals surface area contributed by atoms with Gasteiger partial charge in [0, 0.05) is 37.4 Å². The molecule has 1 aliphatic carbocycles. The van der Waals surface area contributed by atoms with E-state index < -0.39 is 26.6 Å². The Morgan fingerprint density at radius 1 is 0.939 bits per heavy atom. The third-order valence-electron chi connectivity index (χ3n) is 5.32. The molecule has 1 N–H and O–H groups in total. The van der Waals surface area contributed by atoms with Crippen LogP contribution >= 0.6 is 0 Å². The molecule has 0 atom stereocenters. The van der Waals surface area contributed by atoms with Crippen molar-refractivity contribution in [1.29, 1.82) is 0 Å². The van der Waals surface area contributed by atoms with Crippen LogP contribution in [0, 0.1) is 11.6 Å². The number of aromatic hydroxyl groups is 1. The third-order valence-corrected chi connectivity index (χ3v) is 6.61. The number of halogens is 2. The lowest BCUT2D eigenvalue weighted by atomic mass is 10.1. The standard InChI is InChI=1S/C23H21F2N3O4S/c24-20-10-9-18(15-21(20)25)33(31,32)26-22-4-2-1-3-19(22)23(30)28-13-11-27(12-14-28)16-5-7-17(29)8-6-16/h1-10,15,29-30H,11-14H2/p-1. The van der Waals surface area contributed by atoms with E-state index >= 15 is 0 Å². The van der Waals surface area contributed by atoms with Crippen molar-refractivity contribution in [3.05, 3.63) is 89.9 Å². The van der Waals surface area contributed by atoms with E-state index in [0.717, 1.165) is 11.8 Å². The van der Waals surface area contributed by atoms with Crippen LogP contribution in [0.25, 0.3) is 0 Å². The number of hydrogen-bond donors (Lipinski definition) is 1. The van der Waals surface area contributed by atoms with Gasteiger partial charge in [0.25, 0.3) is 10.0 Å². The predicted molar refractivity (Wildman–Crippen MR) is 118 cm³/mol. The minimum Gasteiger partial charge on any atom is -0.860 e. The SMILES string of the molecule is O=S(=O)(N=C1C=CC=CC1=C([O-])N1CCN(c2ccc(O)cc2)CC1)c1ccc(F)c(F)c1. The van der Waals surface area contributed by atoms with E-state index in [9.17, 15) is 27.4 Å². The summed E-state index contributed by atoms with van der Waals surface area (Å²) >= 11 is 0. The Bertz CT molecular complexity index is 1280. The molecule has 172 valence electrons. The van der Waals surface area contributed by atoms with Gasteiger partial charge in [0.05, 0.1) is 10.6 Å². The van der Waals surface area contributed by atoms with Crippen LogP contribution in [-0.2, 0) is 10.0 Å². The maximum absolute atomic E-state index is 13.5. The Balaban J connectivity index is 1.57. The highest BCUT2D eigenvalue weighted by Crippen LogP contribution is 2.23. The fourth-order valence-electron chi connectivity index (χ4n) is 3.56. The van der Waals surface area contributed by atoms with Gasteiger partial charge in [-0.05, 0) is 54.4 Å². The van der Waals surface area contributed by atoms with Crippen LogP contribution in [0.15, 0.2) is 87.5 Å². The van der Waals surface area contributed by atoms with Crippen molar-refractivity contribution in [3.63, 3.8) is 0 Å². The highest BCUT2D eigenvalue weighted by atomic mass is 32.2. The number of phenolic OH excluding ortho intramolecular Hbond substituents is 1. The van der Waals surface area contributed by atoms with Crippen molar-refractivity contribution in [2.24, 2.45) is 4.40 Å². The molecular weight excluding hydrogens is 452 g/mol. The Kier molecular flexibility index (Phi) is 6.19. The van der Waals surface area contributed by atoms with Crippen molar-refractivity contribution in [1.82, 2.24) is 4.90 Å². The first-order valence-electron chi connectivity index (χ1n) is 10.1. The smallest absolute Gasteiger partial charge is 0.282 e. The molecule has 0 spiro atoms. The zero-order valence-corrected chi connectivity index (χ0v) is 18.2. The molecular formula is C23H20F2N3O4S-. The van der Waals surface area contributed by atoms with Gasteiger partial charge in [-0.1, -0.05) is 18.2 Å². The number of hydrogen-bond acceptors (Lipinski definition) is 6. The molecule has 2 aliphatic rings. The lowest BCUT2D eigenvalue weighted by Gasteiger charge is -2.41. The van der Waals surface area contributed by atoms with E-state index in [4.69, 9.17) is 0 Å². The summed E-state index contributed by atoms with van der Waals surface area (Å²) in [5.41, 5.74) is 0.947. The Morgan fingerprint density at radius 3 is 2.27 bits per heavy atom. The molecule has 2 aromatic carbocycles. The molecule has 0 bridgehead atoms. The molecule has 0 radical (unpaired) electrons. The van der Waals surface area contributed by atoms with E-state index in [0.29, 0.717) is 38.3 Å². The fourth-order valence-corrected chi connectivity index (χ4v) is 4.57. The van der Waals surface area contributed by atoms with Crippen molar-refractivity contribution in [2.45, 2.75) is 4.90 Å². The molecule has 0 aromatic heterocycles. The second-order valence-corrected chi connectivity index (χ2v) is 9.06. The molecule has 10 heteroatoms. The van der Waals surface area contributed by atoms with Crippen molar-refractivity contribution in [3.8, 4) is 5.75 Å². The summed E-state index contributed by atoms with van der Waals surface area (Å²) in [6.45, 7) is 1.93. The molecule has 4 rings (SSSR count). The van der Waals surface area contributed by atoms with E-state index in [-0.39, 0.29) is 22.9 Å². The zero-order valence-electron chi connectivity index (χ0n) is 17.4. The molecule has 0 saturated carbocycles. The van der Waals surface area contributed by atoms with Crippen LogP contribution in [0.5, 0.6) is 5.75 Å². The predicted octanol–water partition coefficient (Wildman–Crippen LogP) is 2.32. The van der Waals surface area contributed by atoms with Gasteiger partial charge in [-0.3, -0.25) is 0 Å². The maximum Gasteiger partial charge on any atom is 0.282 e. The highest BCUT2D eigenvalue weighted by Gasteiger charge is 2.21. The van der Waals surface area contributed by atoms with Crippen LogP contribution in [0.4, 0.5) is 14.5 Å². The normalized spacial score (nSPS) is 19.3. The van der Waals surface area contributed by atoms with Gasteiger partial charge in [-0.2, -0.15) is 12.8 Å². The summed E-state index contributed by atoms with van der Waals surface area (Å²) in [5, 5.41) is 22.6. The van der Waals surface area contributed by atoms with E-state index in [1.54, 1.807) is 41.3 Å². The van der Waals surface area contributed by atoms with Crippen LogP contribution in [0.1, 0.15) is 0 Å². The zero-order chi connectivity index (χ0) is 23.6. The number of benzene rings is 2. The molecule has 2 aromatic rings. The monoisotopic (exact) mass is 472 g/mol. The average Bonchev–Trinajstić information content (AvgIpc) is 2.81. The van der Waals surface area contributed by atoms with E-state index in [1.807, 2.05) is 0 Å². The van der Waals surface area contributed by atoms with Crippen molar-refractivity contribution < 1.29 is 27.4 Å². The summed E-state index contributed by atoms with van der Waals surface area (Å²) < 4.78 is 55.7. The molecule has 7 nitrogen and oxygen atoms in total. The Labute approximate surface area is 190 Å². The van der Waals surface area contributed by atoms with Crippen LogP contribution in [-0.4, -0.2) is 50.3 Å². The largest absolute Gasteiger partial charge is 0.860 e. The lowest BCUT2D eigenvalue weighted by Crippen LogP contribution is -2.48. The second-order valence-electron chi connectivity index (χ2n) is 7.46. The molecule has 0 amide bonds. The van der Waals surface area contributed by atoms with Crippen LogP contribution < -0.4 is 10.0 Å². The topological polar surface area (TPSA) is 96.3 Å². The van der Waals surface area contributed by atoms with Gasteiger partial charge in [-0.25, -0.2) is 8.78 Å². The fraction of sp³-hybridized carbons (Fsp3) is 0.174. The number of sulfonamides is 1. The van der Waals surface area contributed by atoms with E-state index in [1.165, 1.54) is 12.2 Å². The number of allylic oxidation sites excluding steroid dienone is 5. The van der Waals surface area contributed by atoms with Crippen molar-refractivity contribution in [2.75, 3.05) is 31.1 Å². The van der Waals surface area contributed by atoms with Crippen molar-refractivity contribution >= 4 is 21.4 Å². The molecule has 1 fully saturated rings. The van der Waals surface area contributed by atoms with Gasteiger partial charge in [0.1, 0.15) is 5.75 Å². The number of nitrogens with zero attached hydrogens (tertiary/aromatic N) is 3. The second kappa shape index (κ2) is 9.07. The number of phenols is 1. The number of rotatable bonds is 4. The average molecular weight is 472 g/mol. The van der Waals surface area contributed by atoms with Crippen LogP contribution in [0.2, 0.25) is 0 Å². The minimum absolute atomic E-state index is 0.0757. The number of piperazine rings is 1. The Morgan fingerprint density at radius 2 is 1.61 bits per heavy atom. The first kappa shape index (κ1) is 22.5. The molecule has 1 heterocycles. The first-order chi connectivity index (χ1) is 15.7. The summed E-state index contributed by atoms with van der Waals surface area (Å²) in [7, 11) is -4.37. The third kappa shape index (κ3) is 4.90. The summed E-state index contributed by atoms with van der Waals surface area (Å²) in [4.78, 5) is 3.17. The molecule has 1 aliphatic heterocycles. The maximum atomic E-state index is 13.5. The Hall–Kier alpha value is -3.66. The summed E-state index contributed by atoms with van der Waals surface area (Å²) in [6, 6.07) is 8.97. The van der Waals surface area contributed by atoms with Gasteiger partial charge in [0.2, 0.25) is 0 Å². The molecule has 33 heavy (non-hydrogen) atoms. The van der Waals surface area contributed by atoms with Gasteiger partial charge >= 0.3 is 0 Å². The number of anilines is 1. The van der Waals surface area contributed by atoms with Gasteiger partial charge in [0.15, 0.2) is 11.6 Å². The van der Waals surface area contributed by atoms with E-state index in [2.05, 4.69) is 9.30 Å². The first-order valence-corrected chi connectivity index (χ1v) is 11.5. The van der Waals surface area contributed by atoms with Gasteiger partial charge in [-0.15, -0.1) is 0 Å².